The number of nitrogens with zero attached hydrogens (tertiary/aromatic N) is 2. The van der Waals surface area contributed by atoms with Crippen LogP contribution in [0.1, 0.15) is 19.0 Å². The Morgan fingerprint density at radius 3 is 2.83 bits per heavy atom. The van der Waals surface area contributed by atoms with Crippen LogP contribution in [0, 0.1) is 6.92 Å². The average Bonchev–Trinajstić information content (AvgIpc) is 2.34. The molecule has 1 heterocycles. The average molecular weight is 254 g/mol. The molecule has 1 aromatic heterocycles. The Morgan fingerprint density at radius 2 is 2.17 bits per heavy atom. The Kier molecular flexibility index (Phi) is 6.38. The fourth-order valence-electron chi connectivity index (χ4n) is 1.45. The van der Waals surface area contributed by atoms with E-state index in [2.05, 4.69) is 27.5 Å². The maximum Gasteiger partial charge on any atom is 0.224 e. The lowest BCUT2D eigenvalue weighted by Gasteiger charge is -2.12. The number of anilines is 2. The summed E-state index contributed by atoms with van der Waals surface area (Å²) in [5.74, 6) is 1.32. The van der Waals surface area contributed by atoms with Gasteiger partial charge in [-0.2, -0.15) is 4.98 Å². The first kappa shape index (κ1) is 14.7. The molecule has 1 unspecified atom stereocenters. The minimum absolute atomic E-state index is 0.304. The van der Waals surface area contributed by atoms with Crippen molar-refractivity contribution < 1.29 is 9.84 Å². The van der Waals surface area contributed by atoms with Crippen LogP contribution in [0.3, 0.4) is 0 Å². The van der Waals surface area contributed by atoms with Crippen molar-refractivity contribution in [2.45, 2.75) is 26.4 Å². The van der Waals surface area contributed by atoms with E-state index in [4.69, 9.17) is 4.74 Å². The normalized spacial score (nSPS) is 12.2. The van der Waals surface area contributed by atoms with E-state index in [1.165, 1.54) is 0 Å². The third-order valence-electron chi connectivity index (χ3n) is 2.27. The van der Waals surface area contributed by atoms with Crippen LogP contribution in [-0.4, -0.2) is 48.0 Å². The second kappa shape index (κ2) is 7.84. The molecule has 3 N–H and O–H groups in total. The minimum Gasteiger partial charge on any atom is -0.389 e. The number of aliphatic hydroxyl groups excluding tert-OH is 1. The zero-order valence-corrected chi connectivity index (χ0v) is 11.2. The van der Waals surface area contributed by atoms with Gasteiger partial charge in [0.05, 0.1) is 12.7 Å². The predicted octanol–water partition coefficient (Wildman–Crippen LogP) is 1.03. The molecule has 1 aromatic rings. The van der Waals surface area contributed by atoms with Gasteiger partial charge >= 0.3 is 0 Å². The van der Waals surface area contributed by atoms with Crippen molar-refractivity contribution >= 4 is 11.8 Å². The van der Waals surface area contributed by atoms with Crippen molar-refractivity contribution in [3.63, 3.8) is 0 Å². The smallest absolute Gasteiger partial charge is 0.224 e. The third kappa shape index (κ3) is 5.29. The summed E-state index contributed by atoms with van der Waals surface area (Å²) in [6.07, 6.45) is 0.476. The molecular weight excluding hydrogens is 232 g/mol. The molecular formula is C12H22N4O2. The standard InChI is InChI=1S/C12H22N4O2/c1-4-5-13-12-15-9(2)6-11(16-12)14-7-10(17)8-18-3/h6,10,17H,4-5,7-8H2,1-3H3,(H2,13,14,15,16). The molecule has 1 atom stereocenters. The van der Waals surface area contributed by atoms with Gasteiger partial charge in [-0.15, -0.1) is 0 Å². The summed E-state index contributed by atoms with van der Waals surface area (Å²) < 4.78 is 4.86. The van der Waals surface area contributed by atoms with Gasteiger partial charge in [0.2, 0.25) is 5.95 Å². The van der Waals surface area contributed by atoms with Crippen molar-refractivity contribution in [1.29, 1.82) is 0 Å². The number of nitrogens with one attached hydrogen (secondary N) is 2. The summed E-state index contributed by atoms with van der Waals surface area (Å²) in [5, 5.41) is 15.7. The second-order valence-electron chi connectivity index (χ2n) is 4.14. The van der Waals surface area contributed by atoms with E-state index < -0.39 is 6.10 Å². The number of hydrogen-bond donors (Lipinski definition) is 3. The Labute approximate surface area is 108 Å². The zero-order chi connectivity index (χ0) is 13.4. The molecule has 0 amide bonds. The minimum atomic E-state index is -0.544. The summed E-state index contributed by atoms with van der Waals surface area (Å²) in [4.78, 5) is 8.60. The Hall–Kier alpha value is -1.40. The molecule has 0 aliphatic rings. The predicted molar refractivity (Wildman–Crippen MR) is 71.9 cm³/mol. The third-order valence-corrected chi connectivity index (χ3v) is 2.27. The second-order valence-corrected chi connectivity index (χ2v) is 4.14. The van der Waals surface area contributed by atoms with Crippen LogP contribution in [0.4, 0.5) is 11.8 Å². The highest BCUT2D eigenvalue weighted by Gasteiger charge is 2.05. The summed E-state index contributed by atoms with van der Waals surface area (Å²) >= 11 is 0. The molecule has 0 spiro atoms. The summed E-state index contributed by atoms with van der Waals surface area (Å²) in [6.45, 7) is 5.54. The van der Waals surface area contributed by atoms with E-state index >= 15 is 0 Å². The SMILES string of the molecule is CCCNc1nc(C)cc(NCC(O)COC)n1. The topological polar surface area (TPSA) is 79.3 Å². The van der Waals surface area contributed by atoms with E-state index in [1.807, 2.05) is 13.0 Å². The van der Waals surface area contributed by atoms with Gasteiger partial charge < -0.3 is 20.5 Å². The van der Waals surface area contributed by atoms with Gasteiger partial charge in [0.25, 0.3) is 0 Å². The molecule has 102 valence electrons. The summed E-state index contributed by atoms with van der Waals surface area (Å²) in [6, 6.07) is 1.84. The molecule has 0 saturated heterocycles. The van der Waals surface area contributed by atoms with Crippen LogP contribution in [0.25, 0.3) is 0 Å². The highest BCUT2D eigenvalue weighted by atomic mass is 16.5. The van der Waals surface area contributed by atoms with Gasteiger partial charge in [0, 0.05) is 32.0 Å². The first-order chi connectivity index (χ1) is 8.65. The van der Waals surface area contributed by atoms with Gasteiger partial charge in [0.1, 0.15) is 5.82 Å². The van der Waals surface area contributed by atoms with Crippen molar-refractivity contribution in [3.8, 4) is 0 Å². The Balaban J connectivity index is 2.56. The van der Waals surface area contributed by atoms with E-state index in [-0.39, 0.29) is 0 Å². The molecule has 0 fully saturated rings. The monoisotopic (exact) mass is 254 g/mol. The van der Waals surface area contributed by atoms with Crippen LogP contribution >= 0.6 is 0 Å². The molecule has 0 bridgehead atoms. The van der Waals surface area contributed by atoms with E-state index in [9.17, 15) is 5.11 Å². The fourth-order valence-corrected chi connectivity index (χ4v) is 1.45. The lowest BCUT2D eigenvalue weighted by molar-refractivity contribution is 0.0727. The van der Waals surface area contributed by atoms with Crippen molar-refractivity contribution in [1.82, 2.24) is 9.97 Å². The van der Waals surface area contributed by atoms with E-state index in [1.54, 1.807) is 7.11 Å². The van der Waals surface area contributed by atoms with Crippen molar-refractivity contribution in [3.05, 3.63) is 11.8 Å². The quantitative estimate of drug-likeness (QED) is 0.643. The number of ether oxygens (including phenoxy) is 1. The summed E-state index contributed by atoms with van der Waals surface area (Å²) in [7, 11) is 1.56. The largest absolute Gasteiger partial charge is 0.389 e. The first-order valence-corrected chi connectivity index (χ1v) is 6.16. The van der Waals surface area contributed by atoms with E-state index in [0.29, 0.717) is 24.9 Å². The van der Waals surface area contributed by atoms with Crippen LogP contribution in [0.5, 0.6) is 0 Å². The van der Waals surface area contributed by atoms with Gasteiger partial charge in [-0.1, -0.05) is 6.92 Å². The highest BCUT2D eigenvalue weighted by molar-refractivity contribution is 5.42. The van der Waals surface area contributed by atoms with Gasteiger partial charge in [-0.25, -0.2) is 4.98 Å². The molecule has 0 radical (unpaired) electrons. The molecule has 1 rings (SSSR count). The van der Waals surface area contributed by atoms with Crippen molar-refractivity contribution in [2.75, 3.05) is 37.4 Å². The fraction of sp³-hybridized carbons (Fsp3) is 0.667. The molecule has 6 nitrogen and oxygen atoms in total. The molecule has 0 aliphatic heterocycles. The number of aromatic nitrogens is 2. The van der Waals surface area contributed by atoms with E-state index in [0.717, 1.165) is 18.7 Å². The molecule has 0 saturated carbocycles. The van der Waals surface area contributed by atoms with Crippen LogP contribution in [-0.2, 0) is 4.74 Å². The number of methoxy groups -OCH3 is 1. The van der Waals surface area contributed by atoms with Crippen molar-refractivity contribution in [2.24, 2.45) is 0 Å². The Bertz CT molecular complexity index is 360. The lowest BCUT2D eigenvalue weighted by Crippen LogP contribution is -2.24. The zero-order valence-electron chi connectivity index (χ0n) is 11.2. The molecule has 0 aromatic carbocycles. The first-order valence-electron chi connectivity index (χ1n) is 6.16. The number of aryl methyl sites for hydroxylation is 1. The van der Waals surface area contributed by atoms with Crippen LogP contribution < -0.4 is 10.6 Å². The number of aliphatic hydroxyl groups is 1. The molecule has 0 aliphatic carbocycles. The Morgan fingerprint density at radius 1 is 1.39 bits per heavy atom. The number of rotatable bonds is 8. The highest BCUT2D eigenvalue weighted by Crippen LogP contribution is 2.09. The maximum atomic E-state index is 9.54. The molecule has 18 heavy (non-hydrogen) atoms. The number of hydrogen-bond acceptors (Lipinski definition) is 6. The van der Waals surface area contributed by atoms with Gasteiger partial charge in [-0.05, 0) is 13.3 Å². The maximum absolute atomic E-state index is 9.54. The lowest BCUT2D eigenvalue weighted by atomic mass is 10.3. The summed E-state index contributed by atoms with van der Waals surface area (Å²) in [5.41, 5.74) is 0.882. The van der Waals surface area contributed by atoms with Gasteiger partial charge in [0.15, 0.2) is 0 Å². The van der Waals surface area contributed by atoms with Crippen LogP contribution in [0.15, 0.2) is 6.07 Å². The van der Waals surface area contributed by atoms with Gasteiger partial charge in [-0.3, -0.25) is 0 Å². The molecule has 6 heteroatoms. The van der Waals surface area contributed by atoms with Crippen LogP contribution in [0.2, 0.25) is 0 Å².